The zero-order chi connectivity index (χ0) is 3.58. The van der Waals surface area contributed by atoms with Crippen LogP contribution in [0.4, 0.5) is 4.39 Å². The summed E-state index contributed by atoms with van der Waals surface area (Å²) in [5.74, 6) is 0. The van der Waals surface area contributed by atoms with Crippen LogP contribution in [0.15, 0.2) is 0 Å². The van der Waals surface area contributed by atoms with Gasteiger partial charge < -0.3 is 2.85 Å². The van der Waals surface area contributed by atoms with Crippen molar-refractivity contribution in [2.45, 2.75) is 0 Å². The second kappa shape index (κ2) is 6.28. The predicted molar refractivity (Wildman–Crippen MR) is 11.3 cm³/mol. The number of hydrogen-bond donors (Lipinski definition) is 0. The zero-order valence-electron chi connectivity index (χ0n) is 4.10. The summed E-state index contributed by atoms with van der Waals surface area (Å²) in [5.41, 5.74) is 0. The van der Waals surface area contributed by atoms with Crippen LogP contribution in [0.1, 0.15) is 2.85 Å². The van der Waals surface area contributed by atoms with E-state index in [0.29, 0.717) is 0 Å². The Morgan fingerprint density at radius 3 is 1.20 bits per heavy atom. The summed E-state index contributed by atoms with van der Waals surface area (Å²) in [7, 11) is 0. The Morgan fingerprint density at radius 1 is 1.20 bits per heavy atom. The summed E-state index contributed by atoms with van der Waals surface area (Å²) in [6.07, 6.45) is 0. The Labute approximate surface area is 76.8 Å². The number of rotatable bonds is 0. The molecule has 0 nitrogen and oxygen atoms in total. The van der Waals surface area contributed by atoms with Gasteiger partial charge in [0.05, 0.1) is 0 Å². The molecular weight excluding hydrogens is 272 g/mol. The molecule has 0 radical (unpaired) electrons. The van der Waals surface area contributed by atoms with Crippen LogP contribution < -0.4 is 0 Å². The van der Waals surface area contributed by atoms with E-state index in [1.54, 1.807) is 0 Å². The zero-order valence-corrected chi connectivity index (χ0v) is 5.96. The minimum atomic E-state index is -4.44. The van der Waals surface area contributed by atoms with Gasteiger partial charge in [-0.2, -0.15) is 0 Å². The van der Waals surface area contributed by atoms with Crippen LogP contribution in [0.25, 0.3) is 0 Å². The van der Waals surface area contributed by atoms with Gasteiger partial charge in [0, 0.05) is 0 Å². The van der Waals surface area contributed by atoms with Crippen molar-refractivity contribution >= 4 is 37.7 Å². The van der Waals surface area contributed by atoms with Crippen molar-refractivity contribution in [3.8, 4) is 0 Å². The maximum Gasteiger partial charge on any atom is -1.00 e. The fourth-order valence-corrected chi connectivity index (χ4v) is 0. The van der Waals surface area contributed by atoms with E-state index >= 15 is 0 Å². The first kappa shape index (κ1) is 10.3. The first-order valence-electron chi connectivity index (χ1n) is 0.293. The fourth-order valence-electron chi connectivity index (χ4n) is 0. The Morgan fingerprint density at radius 2 is 1.20 bits per heavy atom. The van der Waals surface area contributed by atoms with Gasteiger partial charge in [-0.05, 0) is 0 Å². The molecular formula is H2CaF3Lu. The summed E-state index contributed by atoms with van der Waals surface area (Å²) in [6.45, 7) is 0. The molecule has 0 heterocycles. The Hall–Kier alpha value is 2.28. The molecule has 0 N–H and O–H groups in total. The molecule has 0 atom stereocenters. The molecule has 0 aromatic heterocycles. The van der Waals surface area contributed by atoms with Crippen molar-refractivity contribution in [2.75, 3.05) is 0 Å². The summed E-state index contributed by atoms with van der Waals surface area (Å²) >= 11 is -4.44. The van der Waals surface area contributed by atoms with Crippen LogP contribution in [-0.4, -0.2) is 37.7 Å². The molecule has 0 saturated carbocycles. The van der Waals surface area contributed by atoms with Gasteiger partial charge in [-0.25, -0.2) is 0 Å². The Bertz CT molecular complexity index is 17.7. The third-order valence-corrected chi connectivity index (χ3v) is 0. The van der Waals surface area contributed by atoms with Crippen LogP contribution in [0, 0.1) is 33.4 Å². The molecule has 5 heavy (non-hydrogen) atoms. The van der Waals surface area contributed by atoms with Crippen LogP contribution in [0.3, 0.4) is 0 Å². The molecule has 0 bridgehead atoms. The maximum absolute atomic E-state index is 9.78. The molecule has 40 valence electrons. The van der Waals surface area contributed by atoms with E-state index in [2.05, 4.69) is 0 Å². The van der Waals surface area contributed by atoms with Gasteiger partial charge in [0.1, 0.15) is 0 Å². The molecule has 0 aliphatic heterocycles. The summed E-state index contributed by atoms with van der Waals surface area (Å²) in [5, 5.41) is 0. The van der Waals surface area contributed by atoms with Crippen LogP contribution in [0.2, 0.25) is 0 Å². The van der Waals surface area contributed by atoms with Gasteiger partial charge in [0.15, 0.2) is 0 Å². The van der Waals surface area contributed by atoms with E-state index in [4.69, 9.17) is 0 Å². The third-order valence-electron chi connectivity index (χ3n) is 0. The monoisotopic (exact) mass is 274 g/mol. The van der Waals surface area contributed by atoms with Crippen molar-refractivity contribution < 1.29 is 40.7 Å². The van der Waals surface area contributed by atoms with Crippen molar-refractivity contribution in [3.05, 3.63) is 0 Å². The Balaban J connectivity index is -0.0000000150. The van der Waals surface area contributed by atoms with Crippen LogP contribution in [0.5, 0.6) is 0 Å². The molecule has 0 aliphatic rings. The van der Waals surface area contributed by atoms with Gasteiger partial charge in [-0.15, -0.1) is 0 Å². The Kier molecular flexibility index (Phi) is 12.9. The largest absolute Gasteiger partial charge is 1.00 e. The SMILES string of the molecule is [Ca+2].[F][Lu]([F])[F].[H-].[H-]. The minimum Gasteiger partial charge on any atom is -1.00 e. The molecule has 0 saturated heterocycles. The molecule has 0 rings (SSSR count). The minimum absolute atomic E-state index is 0. The average Bonchev–Trinajstić information content (AvgIpc) is 0.811. The first-order valence-corrected chi connectivity index (χ1v) is 2.17. The molecule has 0 spiro atoms. The van der Waals surface area contributed by atoms with Gasteiger partial charge in [0.25, 0.3) is 0 Å². The molecule has 0 aromatic rings. The van der Waals surface area contributed by atoms with Crippen molar-refractivity contribution in [1.29, 1.82) is 0 Å². The van der Waals surface area contributed by atoms with E-state index in [0.717, 1.165) is 0 Å². The molecule has 0 aliphatic carbocycles. The summed E-state index contributed by atoms with van der Waals surface area (Å²) < 4.78 is 29.3. The van der Waals surface area contributed by atoms with E-state index < -0.39 is 33.4 Å². The van der Waals surface area contributed by atoms with Crippen molar-refractivity contribution in [3.63, 3.8) is 0 Å². The summed E-state index contributed by atoms with van der Waals surface area (Å²) in [6, 6.07) is 0. The predicted octanol–water partition coefficient (Wildman–Crippen LogP) is 1.10. The molecule has 0 fully saturated rings. The maximum atomic E-state index is 9.78. The second-order valence-corrected chi connectivity index (χ2v) is 0.821. The normalized spacial score (nSPS) is 9.00. The average molecular weight is 274 g/mol. The topological polar surface area (TPSA) is 0 Å². The quantitative estimate of drug-likeness (QED) is 0.580. The van der Waals surface area contributed by atoms with E-state index in [9.17, 15) is 4.39 Å². The molecule has 0 unspecified atom stereocenters. The van der Waals surface area contributed by atoms with Crippen LogP contribution in [-0.2, 0) is 0 Å². The van der Waals surface area contributed by atoms with Crippen molar-refractivity contribution in [2.24, 2.45) is 0 Å². The van der Waals surface area contributed by atoms with Gasteiger partial charge >= 0.3 is 75.5 Å². The van der Waals surface area contributed by atoms with Crippen molar-refractivity contribution in [1.82, 2.24) is 0 Å². The standard InChI is InChI=1S/Ca.3FH.Lu.2H/h;3*1H;;;/q+2;;;;+3;2*-1/p-3. The van der Waals surface area contributed by atoms with Crippen LogP contribution >= 0.6 is 0 Å². The van der Waals surface area contributed by atoms with E-state index in [1.807, 2.05) is 0 Å². The molecule has 0 amide bonds. The number of hydrogen-bond acceptors (Lipinski definition) is 0. The molecule has 0 aromatic carbocycles. The molecule has 5 heteroatoms. The second-order valence-electron chi connectivity index (χ2n) is 0.111. The van der Waals surface area contributed by atoms with E-state index in [-0.39, 0.29) is 40.6 Å². The fraction of sp³-hybridized carbons (Fsp3) is 0. The smallest absolute Gasteiger partial charge is 1.00 e. The van der Waals surface area contributed by atoms with E-state index in [1.165, 1.54) is 0 Å². The van der Waals surface area contributed by atoms with Gasteiger partial charge in [-0.3, -0.25) is 0 Å². The number of halogens is 3. The van der Waals surface area contributed by atoms with Gasteiger partial charge in [0.2, 0.25) is 0 Å². The van der Waals surface area contributed by atoms with Gasteiger partial charge in [-0.1, -0.05) is 0 Å². The third kappa shape index (κ3) is 22.1. The summed E-state index contributed by atoms with van der Waals surface area (Å²) in [4.78, 5) is 0. The first-order chi connectivity index (χ1) is 1.73.